The Hall–Kier alpha value is -1.08. The maximum atomic E-state index is 3.79. The van der Waals surface area contributed by atoms with Gasteiger partial charge in [0, 0.05) is 6.04 Å². The van der Waals surface area contributed by atoms with E-state index in [2.05, 4.69) is 49.2 Å². The third-order valence-corrected chi connectivity index (χ3v) is 4.47. The topological polar surface area (TPSA) is 12.0 Å². The first-order chi connectivity index (χ1) is 9.86. The molecule has 3 unspecified atom stereocenters. The van der Waals surface area contributed by atoms with Crippen molar-refractivity contribution in [2.75, 3.05) is 6.54 Å². The molecule has 1 aromatic carbocycles. The monoisotopic (exact) mass is 271 g/mol. The van der Waals surface area contributed by atoms with Crippen LogP contribution in [-0.4, -0.2) is 12.6 Å². The van der Waals surface area contributed by atoms with E-state index in [1.807, 2.05) is 6.08 Å². The number of rotatable bonds is 10. The molecule has 0 radical (unpaired) electrons. The van der Waals surface area contributed by atoms with Gasteiger partial charge in [-0.1, -0.05) is 56.2 Å². The second-order valence-corrected chi connectivity index (χ2v) is 6.01. The van der Waals surface area contributed by atoms with Crippen LogP contribution in [0.5, 0.6) is 0 Å². The first-order valence-corrected chi connectivity index (χ1v) is 8.26. The highest BCUT2D eigenvalue weighted by Crippen LogP contribution is 2.50. The van der Waals surface area contributed by atoms with Crippen molar-refractivity contribution in [1.82, 2.24) is 5.32 Å². The van der Waals surface area contributed by atoms with Crippen LogP contribution in [0, 0.1) is 5.92 Å². The Labute approximate surface area is 124 Å². The van der Waals surface area contributed by atoms with Gasteiger partial charge in [0.05, 0.1) is 0 Å². The Morgan fingerprint density at radius 1 is 1.25 bits per heavy atom. The number of hydrogen-bond acceptors (Lipinski definition) is 1. The Morgan fingerprint density at radius 3 is 2.75 bits per heavy atom. The van der Waals surface area contributed by atoms with Gasteiger partial charge < -0.3 is 5.32 Å². The molecule has 1 N–H and O–H groups in total. The molecule has 1 heteroatoms. The summed E-state index contributed by atoms with van der Waals surface area (Å²) in [6.07, 6.45) is 9.90. The summed E-state index contributed by atoms with van der Waals surface area (Å²) in [7, 11) is 0. The lowest BCUT2D eigenvalue weighted by Crippen LogP contribution is -2.31. The van der Waals surface area contributed by atoms with E-state index in [0.717, 1.165) is 18.4 Å². The Bertz CT molecular complexity index is 384. The van der Waals surface area contributed by atoms with E-state index in [0.29, 0.717) is 6.04 Å². The maximum Gasteiger partial charge on any atom is 0.0101 e. The van der Waals surface area contributed by atoms with Gasteiger partial charge in [0.25, 0.3) is 0 Å². The molecular formula is C19H29N. The van der Waals surface area contributed by atoms with Crippen LogP contribution in [0.2, 0.25) is 0 Å². The fourth-order valence-corrected chi connectivity index (χ4v) is 3.30. The van der Waals surface area contributed by atoms with Crippen molar-refractivity contribution in [3.05, 3.63) is 48.6 Å². The number of nitrogens with one attached hydrogen (secondary N) is 1. The van der Waals surface area contributed by atoms with Crippen LogP contribution in [0.4, 0.5) is 0 Å². The SMILES string of the molecule is C=CCCCCCC(NCC)C1CC1c1ccccc1. The van der Waals surface area contributed by atoms with Crippen LogP contribution >= 0.6 is 0 Å². The summed E-state index contributed by atoms with van der Waals surface area (Å²) in [5.41, 5.74) is 1.53. The van der Waals surface area contributed by atoms with Crippen molar-refractivity contribution in [2.24, 2.45) is 5.92 Å². The quantitative estimate of drug-likeness (QED) is 0.471. The molecule has 2 rings (SSSR count). The molecule has 0 saturated heterocycles. The van der Waals surface area contributed by atoms with Gasteiger partial charge in [-0.2, -0.15) is 0 Å². The van der Waals surface area contributed by atoms with Crippen LogP contribution in [0.3, 0.4) is 0 Å². The first kappa shape index (κ1) is 15.3. The number of hydrogen-bond donors (Lipinski definition) is 1. The zero-order valence-electron chi connectivity index (χ0n) is 12.9. The summed E-state index contributed by atoms with van der Waals surface area (Å²) in [5, 5.41) is 3.72. The predicted octanol–water partition coefficient (Wildman–Crippen LogP) is 4.90. The van der Waals surface area contributed by atoms with Crippen molar-refractivity contribution in [2.45, 2.75) is 57.4 Å². The van der Waals surface area contributed by atoms with E-state index in [4.69, 9.17) is 0 Å². The molecule has 1 aliphatic carbocycles. The molecule has 1 fully saturated rings. The molecule has 0 amide bonds. The third-order valence-electron chi connectivity index (χ3n) is 4.47. The Balaban J connectivity index is 1.77. The highest BCUT2D eigenvalue weighted by molar-refractivity contribution is 5.26. The average molecular weight is 271 g/mol. The molecule has 1 aliphatic rings. The molecule has 3 atom stereocenters. The summed E-state index contributed by atoms with van der Waals surface area (Å²) in [5.74, 6) is 1.66. The largest absolute Gasteiger partial charge is 0.314 e. The first-order valence-electron chi connectivity index (χ1n) is 8.26. The number of unbranched alkanes of at least 4 members (excludes halogenated alkanes) is 3. The predicted molar refractivity (Wildman–Crippen MR) is 88.0 cm³/mol. The van der Waals surface area contributed by atoms with E-state index in [1.54, 1.807) is 0 Å². The van der Waals surface area contributed by atoms with Crippen molar-refractivity contribution >= 4 is 0 Å². The highest BCUT2D eigenvalue weighted by atomic mass is 14.9. The molecule has 20 heavy (non-hydrogen) atoms. The van der Waals surface area contributed by atoms with Crippen molar-refractivity contribution < 1.29 is 0 Å². The summed E-state index contributed by atoms with van der Waals surface area (Å²) < 4.78 is 0. The standard InChI is InChI=1S/C19H29N/c1-3-5-6-7-11-14-19(20-4-2)18-15-17(18)16-12-9-8-10-13-16/h3,8-10,12-13,17-20H,1,4-7,11,14-15H2,2H3. The molecule has 1 saturated carbocycles. The molecule has 0 bridgehead atoms. The van der Waals surface area contributed by atoms with Gasteiger partial charge in [0.2, 0.25) is 0 Å². The maximum absolute atomic E-state index is 3.79. The second kappa shape index (κ2) is 8.26. The molecule has 1 aromatic rings. The van der Waals surface area contributed by atoms with Crippen LogP contribution < -0.4 is 5.32 Å². The fourth-order valence-electron chi connectivity index (χ4n) is 3.30. The normalized spacial score (nSPS) is 22.4. The van der Waals surface area contributed by atoms with Gasteiger partial charge >= 0.3 is 0 Å². The van der Waals surface area contributed by atoms with Crippen LogP contribution in [0.25, 0.3) is 0 Å². The van der Waals surface area contributed by atoms with E-state index in [9.17, 15) is 0 Å². The molecule has 110 valence electrons. The summed E-state index contributed by atoms with van der Waals surface area (Å²) >= 11 is 0. The Kier molecular flexibility index (Phi) is 6.32. The minimum atomic E-state index is 0.717. The average Bonchev–Trinajstić information content (AvgIpc) is 3.27. The minimum Gasteiger partial charge on any atom is -0.314 e. The number of benzene rings is 1. The fraction of sp³-hybridized carbons (Fsp3) is 0.579. The van der Waals surface area contributed by atoms with E-state index in [1.165, 1.54) is 44.1 Å². The molecule has 0 heterocycles. The lowest BCUT2D eigenvalue weighted by molar-refractivity contribution is 0.420. The molecule has 1 nitrogen and oxygen atoms in total. The molecule has 0 aromatic heterocycles. The minimum absolute atomic E-state index is 0.717. The second-order valence-electron chi connectivity index (χ2n) is 6.01. The summed E-state index contributed by atoms with van der Waals surface area (Å²) in [6.45, 7) is 7.11. The van der Waals surface area contributed by atoms with Gasteiger partial charge in [-0.3, -0.25) is 0 Å². The molecular weight excluding hydrogens is 242 g/mol. The van der Waals surface area contributed by atoms with Crippen LogP contribution in [0.15, 0.2) is 43.0 Å². The smallest absolute Gasteiger partial charge is 0.0101 e. The van der Waals surface area contributed by atoms with Crippen molar-refractivity contribution in [1.29, 1.82) is 0 Å². The van der Waals surface area contributed by atoms with Gasteiger partial charge in [-0.25, -0.2) is 0 Å². The summed E-state index contributed by atoms with van der Waals surface area (Å²) in [4.78, 5) is 0. The van der Waals surface area contributed by atoms with Gasteiger partial charge in [-0.15, -0.1) is 6.58 Å². The zero-order chi connectivity index (χ0) is 14.2. The van der Waals surface area contributed by atoms with E-state index >= 15 is 0 Å². The van der Waals surface area contributed by atoms with Gasteiger partial charge in [0.1, 0.15) is 0 Å². The zero-order valence-corrected chi connectivity index (χ0v) is 12.9. The van der Waals surface area contributed by atoms with Crippen LogP contribution in [0.1, 0.15) is 56.9 Å². The van der Waals surface area contributed by atoms with E-state index < -0.39 is 0 Å². The highest BCUT2D eigenvalue weighted by Gasteiger charge is 2.42. The van der Waals surface area contributed by atoms with Crippen molar-refractivity contribution in [3.63, 3.8) is 0 Å². The third kappa shape index (κ3) is 4.49. The lowest BCUT2D eigenvalue weighted by Gasteiger charge is -2.18. The Morgan fingerprint density at radius 2 is 2.05 bits per heavy atom. The van der Waals surface area contributed by atoms with Gasteiger partial charge in [0.15, 0.2) is 0 Å². The number of allylic oxidation sites excluding steroid dienone is 1. The summed E-state index contributed by atoms with van der Waals surface area (Å²) in [6, 6.07) is 11.7. The van der Waals surface area contributed by atoms with E-state index in [-0.39, 0.29) is 0 Å². The van der Waals surface area contributed by atoms with Gasteiger partial charge in [-0.05, 0) is 49.6 Å². The van der Waals surface area contributed by atoms with Crippen LogP contribution in [-0.2, 0) is 0 Å². The molecule has 0 spiro atoms. The molecule has 0 aliphatic heterocycles. The lowest BCUT2D eigenvalue weighted by atomic mass is 10.00. The van der Waals surface area contributed by atoms with Crippen molar-refractivity contribution in [3.8, 4) is 0 Å².